The molecule has 4 nitrogen and oxygen atoms in total. The van der Waals surface area contributed by atoms with Crippen LogP contribution in [0.15, 0.2) is 82.9 Å². The van der Waals surface area contributed by atoms with E-state index in [2.05, 4.69) is 39.8 Å². The van der Waals surface area contributed by atoms with Gasteiger partial charge in [0.05, 0.1) is 12.8 Å². The van der Waals surface area contributed by atoms with Crippen molar-refractivity contribution >= 4 is 22.9 Å². The van der Waals surface area contributed by atoms with E-state index in [0.29, 0.717) is 12.5 Å². The largest absolute Gasteiger partial charge is 0.369 e. The van der Waals surface area contributed by atoms with Gasteiger partial charge in [-0.1, -0.05) is 66.7 Å². The lowest BCUT2D eigenvalue weighted by atomic mass is 10.1. The molecule has 0 fully saturated rings. The maximum absolute atomic E-state index is 5.80. The lowest BCUT2D eigenvalue weighted by Crippen LogP contribution is -2.27. The third-order valence-corrected chi connectivity index (χ3v) is 3.44. The third kappa shape index (κ3) is 4.17. The molecule has 0 bridgehead atoms. The van der Waals surface area contributed by atoms with Gasteiger partial charge in [-0.3, -0.25) is 0 Å². The van der Waals surface area contributed by atoms with Gasteiger partial charge < -0.3 is 5.73 Å². The highest BCUT2D eigenvalue weighted by Gasteiger charge is 1.94. The number of hydrazone groups is 1. The van der Waals surface area contributed by atoms with Crippen LogP contribution in [0.2, 0.25) is 0 Å². The van der Waals surface area contributed by atoms with Crippen LogP contribution < -0.4 is 11.2 Å². The van der Waals surface area contributed by atoms with Crippen molar-refractivity contribution in [2.75, 3.05) is 0 Å². The molecule has 114 valence electrons. The van der Waals surface area contributed by atoms with E-state index >= 15 is 0 Å². The molecule has 0 spiro atoms. The molecule has 23 heavy (non-hydrogen) atoms. The molecule has 0 heterocycles. The second-order valence-corrected chi connectivity index (χ2v) is 5.16. The van der Waals surface area contributed by atoms with Crippen molar-refractivity contribution in [3.63, 3.8) is 0 Å². The summed E-state index contributed by atoms with van der Waals surface area (Å²) >= 11 is 0. The van der Waals surface area contributed by atoms with Crippen LogP contribution in [0.1, 0.15) is 11.1 Å². The van der Waals surface area contributed by atoms with Crippen molar-refractivity contribution in [1.82, 2.24) is 5.43 Å². The number of fused-ring (bicyclic) bond motifs is 1. The molecule has 3 aromatic carbocycles. The minimum Gasteiger partial charge on any atom is -0.369 e. The van der Waals surface area contributed by atoms with Gasteiger partial charge in [-0.2, -0.15) is 5.10 Å². The highest BCUT2D eigenvalue weighted by atomic mass is 15.3. The summed E-state index contributed by atoms with van der Waals surface area (Å²) in [6.45, 7) is 0.533. The first-order chi connectivity index (χ1) is 11.3. The van der Waals surface area contributed by atoms with Crippen molar-refractivity contribution in [2.45, 2.75) is 6.54 Å². The highest BCUT2D eigenvalue weighted by molar-refractivity contribution is 5.90. The van der Waals surface area contributed by atoms with E-state index in [1.807, 2.05) is 48.5 Å². The van der Waals surface area contributed by atoms with Crippen LogP contribution in [0.4, 0.5) is 0 Å². The fourth-order valence-electron chi connectivity index (χ4n) is 2.26. The molecule has 0 aromatic heterocycles. The molecule has 0 aliphatic rings. The Hall–Kier alpha value is -3.14. The molecule has 0 aliphatic heterocycles. The van der Waals surface area contributed by atoms with Crippen molar-refractivity contribution in [3.05, 3.63) is 83.9 Å². The summed E-state index contributed by atoms with van der Waals surface area (Å²) in [6.07, 6.45) is 1.73. The molecule has 0 aliphatic carbocycles. The van der Waals surface area contributed by atoms with Gasteiger partial charge in [-0.15, -0.1) is 0 Å². The van der Waals surface area contributed by atoms with Crippen LogP contribution in [0.3, 0.4) is 0 Å². The Bertz CT molecular complexity index is 838. The molecule has 0 saturated carbocycles. The average molecular weight is 302 g/mol. The molecule has 3 rings (SSSR count). The summed E-state index contributed by atoms with van der Waals surface area (Å²) in [5, 5.41) is 6.52. The predicted molar refractivity (Wildman–Crippen MR) is 96.4 cm³/mol. The van der Waals surface area contributed by atoms with E-state index in [-0.39, 0.29) is 0 Å². The summed E-state index contributed by atoms with van der Waals surface area (Å²) < 4.78 is 0. The number of guanidine groups is 1. The minimum atomic E-state index is 0.297. The van der Waals surface area contributed by atoms with Crippen molar-refractivity contribution in [2.24, 2.45) is 15.8 Å². The van der Waals surface area contributed by atoms with Crippen LogP contribution in [0.25, 0.3) is 10.8 Å². The average Bonchev–Trinajstić information content (AvgIpc) is 2.61. The Labute approximate surface area is 135 Å². The summed E-state index contributed by atoms with van der Waals surface area (Å²) in [5.74, 6) is 0.297. The minimum absolute atomic E-state index is 0.297. The quantitative estimate of drug-likeness (QED) is 0.441. The summed E-state index contributed by atoms with van der Waals surface area (Å²) in [7, 11) is 0. The number of nitrogens with zero attached hydrogens (tertiary/aromatic N) is 2. The maximum atomic E-state index is 5.80. The van der Waals surface area contributed by atoms with Crippen LogP contribution in [0.5, 0.6) is 0 Å². The van der Waals surface area contributed by atoms with Crippen LogP contribution in [-0.4, -0.2) is 12.2 Å². The first-order valence-corrected chi connectivity index (χ1v) is 7.43. The number of benzene rings is 3. The summed E-state index contributed by atoms with van der Waals surface area (Å²) in [6, 6.07) is 24.3. The zero-order valence-electron chi connectivity index (χ0n) is 12.7. The molecule has 4 heteroatoms. The highest BCUT2D eigenvalue weighted by Crippen LogP contribution is 2.14. The van der Waals surface area contributed by atoms with Crippen molar-refractivity contribution < 1.29 is 0 Å². The third-order valence-electron chi connectivity index (χ3n) is 3.44. The molecule has 0 amide bonds. The molecule has 3 N–H and O–H groups in total. The molecule has 0 saturated heterocycles. The fourth-order valence-corrected chi connectivity index (χ4v) is 2.26. The number of rotatable bonds is 4. The lowest BCUT2D eigenvalue weighted by molar-refractivity contribution is 0.963. The van der Waals surface area contributed by atoms with E-state index < -0.39 is 0 Å². The molecular formula is C19H18N4. The zero-order chi connectivity index (χ0) is 15.9. The standard InChI is InChI=1S/C19H18N4/c20-19(21-13-15-6-2-1-3-7-15)23-22-14-16-10-11-17-8-4-5-9-18(17)12-16/h1-12,14H,13H2,(H3,20,21,23)/b22-14+. The van der Waals surface area contributed by atoms with Gasteiger partial charge in [0.15, 0.2) is 0 Å². The van der Waals surface area contributed by atoms with Gasteiger partial charge in [-0.25, -0.2) is 10.4 Å². The lowest BCUT2D eigenvalue weighted by Gasteiger charge is -2.01. The Balaban J connectivity index is 1.60. The smallest absolute Gasteiger partial charge is 0.209 e. The van der Waals surface area contributed by atoms with Crippen molar-refractivity contribution in [3.8, 4) is 0 Å². The Kier molecular flexibility index (Phi) is 4.64. The SMILES string of the molecule is NC(=NCc1ccccc1)N/N=C/c1ccc2ccccc2c1. The number of aliphatic imine (C=N–C) groups is 1. The predicted octanol–water partition coefficient (Wildman–Crippen LogP) is 3.28. The Morgan fingerprint density at radius 3 is 2.48 bits per heavy atom. The number of hydrogen-bond donors (Lipinski definition) is 2. The second-order valence-electron chi connectivity index (χ2n) is 5.16. The number of hydrogen-bond acceptors (Lipinski definition) is 2. The second kappa shape index (κ2) is 7.22. The van der Waals surface area contributed by atoms with Gasteiger partial charge in [0.1, 0.15) is 0 Å². The molecular weight excluding hydrogens is 284 g/mol. The number of nitrogens with two attached hydrogens (primary N) is 1. The van der Waals surface area contributed by atoms with Gasteiger partial charge >= 0.3 is 0 Å². The van der Waals surface area contributed by atoms with E-state index in [9.17, 15) is 0 Å². The Morgan fingerprint density at radius 2 is 1.65 bits per heavy atom. The van der Waals surface area contributed by atoms with E-state index in [1.165, 1.54) is 10.8 Å². The maximum Gasteiger partial charge on any atom is 0.209 e. The fraction of sp³-hybridized carbons (Fsp3) is 0.0526. The Morgan fingerprint density at radius 1 is 0.913 bits per heavy atom. The molecule has 0 unspecified atom stereocenters. The zero-order valence-corrected chi connectivity index (χ0v) is 12.7. The van der Waals surface area contributed by atoms with Gasteiger partial charge in [0, 0.05) is 0 Å². The van der Waals surface area contributed by atoms with Gasteiger partial charge in [-0.05, 0) is 28.0 Å². The molecule has 0 atom stereocenters. The summed E-state index contributed by atoms with van der Waals surface area (Å²) in [4.78, 5) is 4.25. The number of nitrogens with one attached hydrogen (secondary N) is 1. The topological polar surface area (TPSA) is 62.8 Å². The molecule has 0 radical (unpaired) electrons. The monoisotopic (exact) mass is 302 g/mol. The van der Waals surface area contributed by atoms with E-state index in [1.54, 1.807) is 6.21 Å². The first kappa shape index (κ1) is 14.8. The van der Waals surface area contributed by atoms with Gasteiger partial charge in [0.25, 0.3) is 0 Å². The molecule has 3 aromatic rings. The van der Waals surface area contributed by atoms with E-state index in [4.69, 9.17) is 5.73 Å². The normalized spacial score (nSPS) is 11.9. The van der Waals surface area contributed by atoms with Crippen LogP contribution >= 0.6 is 0 Å². The van der Waals surface area contributed by atoms with Crippen LogP contribution in [-0.2, 0) is 6.54 Å². The van der Waals surface area contributed by atoms with Crippen LogP contribution in [0, 0.1) is 0 Å². The van der Waals surface area contributed by atoms with Gasteiger partial charge in [0.2, 0.25) is 5.96 Å². The van der Waals surface area contributed by atoms with E-state index in [0.717, 1.165) is 11.1 Å². The first-order valence-electron chi connectivity index (χ1n) is 7.43. The van der Waals surface area contributed by atoms with Crippen molar-refractivity contribution in [1.29, 1.82) is 0 Å². The summed E-state index contributed by atoms with van der Waals surface area (Å²) in [5.41, 5.74) is 10.7.